The van der Waals surface area contributed by atoms with Gasteiger partial charge in [0.25, 0.3) is 0 Å². The van der Waals surface area contributed by atoms with Gasteiger partial charge in [-0.25, -0.2) is 0 Å². The number of hydrogen-bond acceptors (Lipinski definition) is 18. The molecule has 0 radical (unpaired) electrons. The minimum absolute atomic E-state index is 0.00107. The fourth-order valence-corrected chi connectivity index (χ4v) is 16.0. The molecule has 0 spiro atoms. The standard InChI is InChI=1S/C48H76O19/c1-19(2)22-10-15-48(16-20(3)29-23(30(22)48)8-9-26-45(5)14-12-28(50)47(7,43(59)60)27(45)11-13-46(26,29)6)44(61)67-42-37(57)34(54)32(52)25(65-42)18-62-40-38(58)35(55)39(24(17-49)64-40)66-41-36(56)33(53)31(51)21(4)63-41/h20-42,49-58H,1,8-18H2,2-7H3,(H,59,60)/t20-,21-,22-,23+,24+,25+,26+,27-,28+,29+,30-,31-,32+,33+,34-,35+,36+,37+,38+,39+,40+,41-,42-,45+,46+,47-,48-/m0/s1. The highest BCUT2D eigenvalue weighted by Gasteiger charge is 2.71. The third kappa shape index (κ3) is 8.06. The molecule has 8 rings (SSSR count). The van der Waals surface area contributed by atoms with Crippen LogP contribution in [-0.4, -0.2) is 180 Å². The average molecular weight is 957 g/mol. The Morgan fingerprint density at radius 3 is 1.96 bits per heavy atom. The van der Waals surface area contributed by atoms with Crippen LogP contribution >= 0.6 is 0 Å². The smallest absolute Gasteiger partial charge is 0.314 e. The number of rotatable bonds is 10. The van der Waals surface area contributed by atoms with Crippen molar-refractivity contribution in [3.63, 3.8) is 0 Å². The summed E-state index contributed by atoms with van der Waals surface area (Å²) >= 11 is 0. The summed E-state index contributed by atoms with van der Waals surface area (Å²) in [7, 11) is 0. The lowest BCUT2D eigenvalue weighted by atomic mass is 9.35. The van der Waals surface area contributed by atoms with Crippen LogP contribution in [0.5, 0.6) is 0 Å². The van der Waals surface area contributed by atoms with Gasteiger partial charge in [0, 0.05) is 0 Å². The lowest BCUT2D eigenvalue weighted by Crippen LogP contribution is -2.66. The summed E-state index contributed by atoms with van der Waals surface area (Å²) in [5.74, 6) is -1.33. The number of aliphatic carboxylic acids is 1. The van der Waals surface area contributed by atoms with Crippen molar-refractivity contribution in [2.75, 3.05) is 13.2 Å². The van der Waals surface area contributed by atoms with Gasteiger partial charge in [0.15, 0.2) is 12.6 Å². The van der Waals surface area contributed by atoms with Crippen LogP contribution in [0.3, 0.4) is 0 Å². The Bertz CT molecular complexity index is 1840. The van der Waals surface area contributed by atoms with Crippen molar-refractivity contribution >= 4 is 11.9 Å². The number of carbonyl (C=O) groups excluding carboxylic acids is 1. The Morgan fingerprint density at radius 2 is 1.30 bits per heavy atom. The summed E-state index contributed by atoms with van der Waals surface area (Å²) in [5, 5.41) is 118. The van der Waals surface area contributed by atoms with Gasteiger partial charge in [-0.05, 0) is 131 Å². The van der Waals surface area contributed by atoms with E-state index in [1.165, 1.54) is 6.92 Å². The van der Waals surface area contributed by atoms with Crippen molar-refractivity contribution < 1.29 is 94.2 Å². The first kappa shape index (κ1) is 51.4. The second-order valence-electron chi connectivity index (χ2n) is 22.7. The number of carbonyl (C=O) groups is 2. The molecule has 0 amide bonds. The van der Waals surface area contributed by atoms with Crippen LogP contribution in [0, 0.1) is 63.1 Å². The highest BCUT2D eigenvalue weighted by atomic mass is 16.8. The molecule has 0 aromatic heterocycles. The van der Waals surface area contributed by atoms with Gasteiger partial charge in [0.1, 0.15) is 67.1 Å². The van der Waals surface area contributed by atoms with E-state index < -0.39 is 134 Å². The first-order chi connectivity index (χ1) is 31.4. The highest BCUT2D eigenvalue weighted by molar-refractivity contribution is 5.78. The zero-order valence-corrected chi connectivity index (χ0v) is 39.4. The summed E-state index contributed by atoms with van der Waals surface area (Å²) in [6.45, 7) is 14.9. The van der Waals surface area contributed by atoms with Gasteiger partial charge in [-0.3, -0.25) is 9.59 Å². The minimum Gasteiger partial charge on any atom is -0.481 e. The summed E-state index contributed by atoms with van der Waals surface area (Å²) < 4.78 is 34.7. The summed E-state index contributed by atoms with van der Waals surface area (Å²) in [6.07, 6.45) is -19.3. The van der Waals surface area contributed by atoms with E-state index in [0.717, 1.165) is 31.3 Å². The maximum absolute atomic E-state index is 15.0. The van der Waals surface area contributed by atoms with Crippen molar-refractivity contribution in [1.82, 2.24) is 0 Å². The van der Waals surface area contributed by atoms with Crippen LogP contribution in [0.2, 0.25) is 0 Å². The topological polar surface area (TPSA) is 312 Å². The van der Waals surface area contributed by atoms with E-state index in [-0.39, 0.29) is 52.3 Å². The van der Waals surface area contributed by atoms with E-state index in [9.17, 15) is 61.0 Å². The van der Waals surface area contributed by atoms with Gasteiger partial charge in [0.2, 0.25) is 6.29 Å². The van der Waals surface area contributed by atoms with E-state index in [0.29, 0.717) is 32.1 Å². The monoisotopic (exact) mass is 956 g/mol. The zero-order valence-electron chi connectivity index (χ0n) is 39.4. The van der Waals surface area contributed by atoms with Crippen LogP contribution in [0.4, 0.5) is 0 Å². The van der Waals surface area contributed by atoms with Gasteiger partial charge >= 0.3 is 11.9 Å². The van der Waals surface area contributed by atoms with Crippen LogP contribution in [0.15, 0.2) is 12.2 Å². The maximum atomic E-state index is 15.0. The summed E-state index contributed by atoms with van der Waals surface area (Å²) in [4.78, 5) is 27.9. The van der Waals surface area contributed by atoms with Gasteiger partial charge in [-0.15, -0.1) is 0 Å². The lowest BCUT2D eigenvalue weighted by Gasteiger charge is -2.69. The number of carboxylic acids is 1. The highest BCUT2D eigenvalue weighted by Crippen LogP contribution is 2.75. The molecule has 19 nitrogen and oxygen atoms in total. The Kier molecular flexibility index (Phi) is 14.3. The molecule has 0 aromatic carbocycles. The van der Waals surface area contributed by atoms with Crippen LogP contribution in [-0.2, 0) is 38.0 Å². The van der Waals surface area contributed by atoms with E-state index in [4.69, 9.17) is 28.4 Å². The quantitative estimate of drug-likeness (QED) is 0.101. The molecule has 0 bridgehead atoms. The fraction of sp³-hybridized carbons (Fsp3) is 0.917. The molecule has 3 aliphatic heterocycles. The number of carboxylic acid groups (broad SMARTS) is 1. The van der Waals surface area contributed by atoms with Crippen LogP contribution < -0.4 is 0 Å². The average Bonchev–Trinajstić information content (AvgIpc) is 3.68. The first-order valence-electron chi connectivity index (χ1n) is 24.5. The van der Waals surface area contributed by atoms with Gasteiger partial charge in [-0.1, -0.05) is 32.9 Å². The molecular weight excluding hydrogens is 881 g/mol. The third-order valence-corrected chi connectivity index (χ3v) is 19.2. The molecule has 3 saturated heterocycles. The molecule has 19 heteroatoms. The molecule has 8 fully saturated rings. The third-order valence-electron chi connectivity index (χ3n) is 19.2. The largest absolute Gasteiger partial charge is 0.481 e. The molecular formula is C48H76O19. The molecule has 382 valence electrons. The van der Waals surface area contributed by atoms with Crippen LogP contribution in [0.25, 0.3) is 0 Å². The Hall–Kier alpha value is -1.92. The van der Waals surface area contributed by atoms with Gasteiger partial charge < -0.3 is 84.6 Å². The SMILES string of the molecule is C=C(C)[C@@H]1CC[C@]2(C(=O)O[C@@H]3O[C@H](CO[C@@H]4O[C@H](CO)[C@@H](O[C@@H]5O[C@@H](C)[C@H](O)[C@@H](O)[C@H]5O)[C@H](O)[C@H]4O)[C@@H](O)[C@H](O)[C@H]3O)C[C@H](C)[C@@H]3[C@@H](CC[C@H]4[C@@]3(C)CC[C@H]3[C@]4(C)CC[C@@H](O)[C@@]3(C)C(=O)O)[C@H]12. The Labute approximate surface area is 391 Å². The number of ether oxygens (including phenoxy) is 6. The number of aliphatic hydroxyl groups excluding tert-OH is 10. The molecule has 67 heavy (non-hydrogen) atoms. The van der Waals surface area contributed by atoms with E-state index in [1.54, 1.807) is 6.92 Å². The summed E-state index contributed by atoms with van der Waals surface area (Å²) in [5.41, 5.74) is -1.75. The molecule has 3 heterocycles. The molecule has 11 N–H and O–H groups in total. The van der Waals surface area contributed by atoms with Crippen molar-refractivity contribution in [1.29, 1.82) is 0 Å². The normalized spacial score (nSPS) is 55.3. The Morgan fingerprint density at radius 1 is 0.672 bits per heavy atom. The van der Waals surface area contributed by atoms with Crippen LogP contribution in [0.1, 0.15) is 99.3 Å². The van der Waals surface area contributed by atoms with E-state index in [1.807, 2.05) is 6.92 Å². The molecule has 5 aliphatic carbocycles. The molecule has 0 aromatic rings. The first-order valence-corrected chi connectivity index (χ1v) is 24.5. The second-order valence-corrected chi connectivity index (χ2v) is 22.7. The molecule has 0 unspecified atom stereocenters. The van der Waals surface area contributed by atoms with Crippen molar-refractivity contribution in [2.24, 2.45) is 63.1 Å². The predicted octanol–water partition coefficient (Wildman–Crippen LogP) is -0.0554. The number of hydrogen-bond donors (Lipinski definition) is 11. The predicted molar refractivity (Wildman–Crippen MR) is 231 cm³/mol. The minimum atomic E-state index is -1.87. The zero-order chi connectivity index (χ0) is 49.0. The number of allylic oxidation sites excluding steroid dienone is 1. The fourth-order valence-electron chi connectivity index (χ4n) is 16.0. The van der Waals surface area contributed by atoms with Crippen molar-refractivity contribution in [3.05, 3.63) is 12.2 Å². The molecule has 5 saturated carbocycles. The van der Waals surface area contributed by atoms with Crippen molar-refractivity contribution in [3.8, 4) is 0 Å². The Balaban J connectivity index is 0.969. The summed E-state index contributed by atoms with van der Waals surface area (Å²) in [6, 6.07) is 0. The second kappa shape index (κ2) is 18.6. The molecule has 27 atom stereocenters. The number of aliphatic hydroxyl groups is 10. The number of esters is 1. The van der Waals surface area contributed by atoms with Gasteiger partial charge in [-0.2, -0.15) is 0 Å². The lowest BCUT2D eigenvalue weighted by molar-refractivity contribution is -0.361. The van der Waals surface area contributed by atoms with E-state index in [2.05, 4.69) is 27.4 Å². The molecule has 8 aliphatic rings. The maximum Gasteiger partial charge on any atom is 0.314 e. The number of fused-ring (bicyclic) bond motifs is 7. The van der Waals surface area contributed by atoms with E-state index >= 15 is 4.79 Å². The van der Waals surface area contributed by atoms with Gasteiger partial charge in [0.05, 0.1) is 36.3 Å². The van der Waals surface area contributed by atoms with Crippen molar-refractivity contribution in [2.45, 2.75) is 198 Å².